The molecule has 0 saturated heterocycles. The quantitative estimate of drug-likeness (QED) is 0.313. The third-order valence-electron chi connectivity index (χ3n) is 7.77. The molecular formula is C38H54N2O4S4. The fraction of sp³-hybridized carbons (Fsp3) is 0.474. The normalized spacial score (nSPS) is 16.8. The molecule has 2 aromatic carbocycles. The van der Waals surface area contributed by atoms with Crippen LogP contribution in [0.3, 0.4) is 0 Å². The smallest absolute Gasteiger partial charge is 0.199 e. The Morgan fingerprint density at radius 2 is 0.625 bits per heavy atom. The lowest BCUT2D eigenvalue weighted by Gasteiger charge is -2.30. The van der Waals surface area contributed by atoms with Crippen LogP contribution in [0.15, 0.2) is 110 Å². The Balaban J connectivity index is 0.000000260. The summed E-state index contributed by atoms with van der Waals surface area (Å²) in [6.07, 6.45) is 0. The molecule has 0 amide bonds. The summed E-state index contributed by atoms with van der Waals surface area (Å²) >= 11 is 0. The first-order valence-electron chi connectivity index (χ1n) is 16.0. The van der Waals surface area contributed by atoms with Gasteiger partial charge < -0.3 is 0 Å². The van der Waals surface area contributed by atoms with Gasteiger partial charge in [0.2, 0.25) is 0 Å². The third kappa shape index (κ3) is 10.3. The van der Waals surface area contributed by atoms with Crippen LogP contribution in [-0.4, -0.2) is 16.8 Å². The highest BCUT2D eigenvalue weighted by atomic mass is 32.3. The lowest BCUT2D eigenvalue weighted by atomic mass is 9.74. The molecule has 2 aliphatic heterocycles. The van der Waals surface area contributed by atoms with Crippen LogP contribution in [0.2, 0.25) is 0 Å². The minimum absolute atomic E-state index is 0.0377. The van der Waals surface area contributed by atoms with Crippen molar-refractivity contribution in [2.75, 3.05) is 0 Å². The first-order valence-corrected chi connectivity index (χ1v) is 21.5. The molecule has 0 aromatic heterocycles. The summed E-state index contributed by atoms with van der Waals surface area (Å²) in [4.78, 5) is 0.507. The largest absolute Gasteiger partial charge is 0.288 e. The van der Waals surface area contributed by atoms with Crippen molar-refractivity contribution in [1.82, 2.24) is 0 Å². The molecule has 2 aromatic rings. The Bertz CT molecular complexity index is 1740. The van der Waals surface area contributed by atoms with E-state index in [0.29, 0.717) is 0 Å². The van der Waals surface area contributed by atoms with Crippen molar-refractivity contribution < 1.29 is 16.8 Å². The fourth-order valence-electron chi connectivity index (χ4n) is 4.95. The van der Waals surface area contributed by atoms with Gasteiger partial charge >= 0.3 is 0 Å². The van der Waals surface area contributed by atoms with Gasteiger partial charge in [-0.15, -0.1) is 7.54 Å². The molecule has 0 atom stereocenters. The number of hydrogen-bond donors (Lipinski definition) is 0. The monoisotopic (exact) mass is 730 g/mol. The van der Waals surface area contributed by atoms with E-state index in [-0.39, 0.29) is 31.5 Å². The maximum atomic E-state index is 12.6. The van der Waals surface area contributed by atoms with Gasteiger partial charge in [0.15, 0.2) is 0 Å². The third-order valence-corrected chi connectivity index (χ3v) is 14.4. The van der Waals surface area contributed by atoms with Crippen LogP contribution in [0.25, 0.3) is 0 Å². The highest BCUT2D eigenvalue weighted by molar-refractivity contribution is 8.03. The highest BCUT2D eigenvalue weighted by Crippen LogP contribution is 2.45. The Labute approximate surface area is 296 Å². The van der Waals surface area contributed by atoms with Crippen molar-refractivity contribution in [2.45, 2.75) is 107 Å². The molecule has 10 heteroatoms. The van der Waals surface area contributed by atoms with E-state index in [4.69, 9.17) is 0 Å². The Kier molecular flexibility index (Phi) is 11.7. The van der Waals surface area contributed by atoms with Crippen LogP contribution >= 0.6 is 0 Å². The summed E-state index contributed by atoms with van der Waals surface area (Å²) in [7, 11) is -8.79. The van der Waals surface area contributed by atoms with E-state index in [1.807, 2.05) is 35.5 Å². The molecule has 0 saturated carbocycles. The predicted octanol–water partition coefficient (Wildman–Crippen LogP) is 10.7. The highest BCUT2D eigenvalue weighted by Gasteiger charge is 2.33. The number of sulfonamides is 2. The molecule has 0 spiro atoms. The molecule has 4 rings (SSSR count). The predicted molar refractivity (Wildman–Crippen MR) is 206 cm³/mol. The van der Waals surface area contributed by atoms with Crippen LogP contribution in [0.1, 0.15) is 94.2 Å². The minimum atomic E-state index is -3.65. The average molecular weight is 731 g/mol. The molecule has 264 valence electrons. The van der Waals surface area contributed by atoms with Crippen LogP contribution in [0.4, 0.5) is 0 Å². The van der Waals surface area contributed by atoms with E-state index in [9.17, 15) is 16.8 Å². The summed E-state index contributed by atoms with van der Waals surface area (Å²) in [5, 5.41) is 8.08. The van der Waals surface area contributed by atoms with Crippen molar-refractivity contribution in [2.24, 2.45) is 29.2 Å². The zero-order valence-corrected chi connectivity index (χ0v) is 34.4. The van der Waals surface area contributed by atoms with Crippen LogP contribution < -0.4 is 0 Å². The van der Waals surface area contributed by atoms with Gasteiger partial charge in [0, 0.05) is 0 Å². The lowest BCUT2D eigenvalue weighted by molar-refractivity contribution is 0.449. The van der Waals surface area contributed by atoms with Gasteiger partial charge in [-0.05, 0) is 125 Å². The lowest BCUT2D eigenvalue weighted by Crippen LogP contribution is -2.18. The van der Waals surface area contributed by atoms with Crippen molar-refractivity contribution in [3.05, 3.63) is 104 Å². The second kappa shape index (κ2) is 14.1. The summed E-state index contributed by atoms with van der Waals surface area (Å²) in [6.45, 7) is 29.7. The number of allylic oxidation sites excluding steroid dienone is 4. The SMILES string of the molecule is Cc1ccc(S(=O)(=O)N=S2C=C(C(C)(C)C)C(C(C)(C)C)=C2)cc1.Cc1ccc(S(=O)(=O)N=S2C=C(C(C)(C)C)C(C(C)(C)C)=C2)cc1. The van der Waals surface area contributed by atoms with E-state index in [1.54, 1.807) is 48.5 Å². The number of hydrogen-bond acceptors (Lipinski definition) is 4. The van der Waals surface area contributed by atoms with Crippen LogP contribution in [-0.2, 0) is 41.4 Å². The van der Waals surface area contributed by atoms with E-state index in [0.717, 1.165) is 11.1 Å². The summed E-state index contributed by atoms with van der Waals surface area (Å²) in [6, 6.07) is 13.7. The Morgan fingerprint density at radius 3 is 0.812 bits per heavy atom. The Hall–Kier alpha value is -2.40. The van der Waals surface area contributed by atoms with Gasteiger partial charge in [0.05, 0.1) is 9.79 Å². The maximum absolute atomic E-state index is 12.6. The van der Waals surface area contributed by atoms with E-state index >= 15 is 0 Å². The van der Waals surface area contributed by atoms with Crippen molar-refractivity contribution in [3.63, 3.8) is 0 Å². The number of nitrogens with zero attached hydrogens (tertiary/aromatic N) is 2. The molecule has 2 heterocycles. The molecule has 0 aliphatic carbocycles. The molecular weight excluding hydrogens is 677 g/mol. The number of aryl methyl sites for hydroxylation is 2. The van der Waals surface area contributed by atoms with E-state index in [1.165, 1.54) is 22.3 Å². The van der Waals surface area contributed by atoms with Crippen molar-refractivity contribution in [3.8, 4) is 0 Å². The molecule has 0 fully saturated rings. The average Bonchev–Trinajstić information content (AvgIpc) is 3.54. The molecule has 48 heavy (non-hydrogen) atoms. The van der Waals surface area contributed by atoms with Gasteiger partial charge in [0.25, 0.3) is 20.0 Å². The van der Waals surface area contributed by atoms with Gasteiger partial charge in [-0.1, -0.05) is 118 Å². The van der Waals surface area contributed by atoms with E-state index < -0.39 is 41.4 Å². The van der Waals surface area contributed by atoms with Crippen LogP contribution in [0, 0.1) is 35.5 Å². The van der Waals surface area contributed by atoms with Gasteiger partial charge in [0.1, 0.15) is 0 Å². The molecule has 2 aliphatic rings. The summed E-state index contributed by atoms with van der Waals surface area (Å²) in [5.41, 5.74) is 6.69. The fourth-order valence-corrected chi connectivity index (χ4v) is 12.1. The zero-order chi connectivity index (χ0) is 36.7. The molecule has 0 bridgehead atoms. The minimum Gasteiger partial charge on any atom is -0.199 e. The zero-order valence-electron chi connectivity index (χ0n) is 31.1. The summed E-state index contributed by atoms with van der Waals surface area (Å²) in [5.74, 6) is 0. The first kappa shape index (κ1) is 40.0. The van der Waals surface area contributed by atoms with Gasteiger partial charge in [-0.3, -0.25) is 0 Å². The molecule has 0 radical (unpaired) electrons. The van der Waals surface area contributed by atoms with Gasteiger partial charge in [-0.25, -0.2) is 0 Å². The van der Waals surface area contributed by atoms with Crippen molar-refractivity contribution >= 4 is 41.4 Å². The van der Waals surface area contributed by atoms with Crippen molar-refractivity contribution in [1.29, 1.82) is 0 Å². The van der Waals surface area contributed by atoms with Gasteiger partial charge in [-0.2, -0.15) is 16.8 Å². The topological polar surface area (TPSA) is 93.0 Å². The van der Waals surface area contributed by atoms with E-state index in [2.05, 4.69) is 90.6 Å². The number of benzene rings is 2. The first-order chi connectivity index (χ1) is 21.6. The molecule has 6 nitrogen and oxygen atoms in total. The second-order valence-corrected chi connectivity index (χ2v) is 22.9. The molecule has 0 unspecified atom stereocenters. The second-order valence-electron chi connectivity index (χ2n) is 16.5. The maximum Gasteiger partial charge on any atom is 0.288 e. The standard InChI is InChI=1S/2C19H27NO2S2/c2*1-14-8-10-15(11-9-14)24(21,22)20-23-12-16(18(2,3)4)17(13-23)19(5,6)7/h2*8-13H,1-7H3. The van der Waals surface area contributed by atoms with Crippen LogP contribution in [0.5, 0.6) is 0 Å². The summed E-state index contributed by atoms with van der Waals surface area (Å²) < 4.78 is 58.7. The molecule has 0 N–H and O–H groups in total. The number of rotatable bonds is 4. The Morgan fingerprint density at radius 1 is 0.417 bits per heavy atom.